The van der Waals surface area contributed by atoms with E-state index in [0.717, 1.165) is 17.5 Å². The standard InChI is InChI=1S/C30H27ClN2O5S/c1-3-5-15-38-22-8-6-7-19(16-22)26-25(27(34)18-9-12-21(13-10-18)37-4-2)28(35)29(36)33(26)30-32-23-14-11-20(31)17-24(23)39-30/h6-14,16-17,26,34H,3-5,15H2,1-2H3. The second kappa shape index (κ2) is 11.5. The zero-order valence-corrected chi connectivity index (χ0v) is 23.1. The van der Waals surface area contributed by atoms with E-state index in [2.05, 4.69) is 11.9 Å². The van der Waals surface area contributed by atoms with Crippen molar-refractivity contribution in [1.29, 1.82) is 0 Å². The van der Waals surface area contributed by atoms with Crippen LogP contribution < -0.4 is 14.4 Å². The van der Waals surface area contributed by atoms with Gasteiger partial charge in [0.05, 0.1) is 35.0 Å². The summed E-state index contributed by atoms with van der Waals surface area (Å²) in [6.07, 6.45) is 1.89. The van der Waals surface area contributed by atoms with Gasteiger partial charge in [-0.25, -0.2) is 4.98 Å². The number of aliphatic hydroxyl groups is 1. The van der Waals surface area contributed by atoms with E-state index in [1.807, 2.05) is 25.1 Å². The number of thiazole rings is 1. The average molecular weight is 563 g/mol. The number of nitrogens with zero attached hydrogens (tertiary/aromatic N) is 2. The van der Waals surface area contributed by atoms with Crippen molar-refractivity contribution >= 4 is 55.7 Å². The summed E-state index contributed by atoms with van der Waals surface area (Å²) in [6.45, 7) is 5.01. The second-order valence-electron chi connectivity index (χ2n) is 9.01. The van der Waals surface area contributed by atoms with Gasteiger partial charge in [-0.1, -0.05) is 48.4 Å². The molecule has 1 unspecified atom stereocenters. The highest BCUT2D eigenvalue weighted by Gasteiger charge is 2.48. The number of carbonyl (C=O) groups excluding carboxylic acids is 2. The maximum Gasteiger partial charge on any atom is 0.301 e. The van der Waals surface area contributed by atoms with E-state index in [-0.39, 0.29) is 11.3 Å². The summed E-state index contributed by atoms with van der Waals surface area (Å²) in [6, 6.07) is 18.3. The fourth-order valence-electron chi connectivity index (χ4n) is 4.47. The number of benzene rings is 3. The summed E-state index contributed by atoms with van der Waals surface area (Å²) in [5.74, 6) is -0.582. The molecule has 0 radical (unpaired) electrons. The Morgan fingerprint density at radius 1 is 1.03 bits per heavy atom. The molecular formula is C30H27ClN2O5S. The summed E-state index contributed by atoms with van der Waals surface area (Å²) >= 11 is 7.43. The van der Waals surface area contributed by atoms with E-state index < -0.39 is 17.7 Å². The molecule has 0 aliphatic carbocycles. The Bertz CT molecular complexity index is 1560. The lowest BCUT2D eigenvalue weighted by Gasteiger charge is -2.23. The fourth-order valence-corrected chi connectivity index (χ4v) is 5.74. The number of unbranched alkanes of at least 4 members (excludes halogenated alkanes) is 1. The van der Waals surface area contributed by atoms with Crippen LogP contribution >= 0.6 is 22.9 Å². The third-order valence-electron chi connectivity index (χ3n) is 6.37. The Hall–Kier alpha value is -3.88. The molecule has 1 fully saturated rings. The lowest BCUT2D eigenvalue weighted by Crippen LogP contribution is -2.29. The molecule has 0 saturated carbocycles. The number of aromatic nitrogens is 1. The van der Waals surface area contributed by atoms with Crippen LogP contribution in [0.4, 0.5) is 5.13 Å². The van der Waals surface area contributed by atoms with E-state index in [1.54, 1.807) is 48.5 Å². The summed E-state index contributed by atoms with van der Waals surface area (Å²) in [4.78, 5) is 33.0. The molecule has 7 nitrogen and oxygen atoms in total. The van der Waals surface area contributed by atoms with Crippen LogP contribution in [0.15, 0.2) is 72.3 Å². The molecule has 39 heavy (non-hydrogen) atoms. The van der Waals surface area contributed by atoms with Gasteiger partial charge in [-0.05, 0) is 73.5 Å². The Kier molecular flexibility index (Phi) is 7.86. The molecule has 2 heterocycles. The molecule has 1 atom stereocenters. The third-order valence-corrected chi connectivity index (χ3v) is 7.62. The van der Waals surface area contributed by atoms with Gasteiger partial charge in [-0.2, -0.15) is 0 Å². The lowest BCUT2D eigenvalue weighted by atomic mass is 9.95. The minimum Gasteiger partial charge on any atom is -0.507 e. The van der Waals surface area contributed by atoms with Crippen molar-refractivity contribution in [3.8, 4) is 11.5 Å². The summed E-state index contributed by atoms with van der Waals surface area (Å²) in [5.41, 5.74) is 1.65. The highest BCUT2D eigenvalue weighted by atomic mass is 35.5. The fraction of sp³-hybridized carbons (Fsp3) is 0.233. The predicted octanol–water partition coefficient (Wildman–Crippen LogP) is 7.15. The number of halogens is 1. The molecule has 200 valence electrons. The number of ketones is 1. The van der Waals surface area contributed by atoms with Crippen LogP contribution in [0.5, 0.6) is 11.5 Å². The van der Waals surface area contributed by atoms with Crippen molar-refractivity contribution in [1.82, 2.24) is 4.98 Å². The first-order valence-corrected chi connectivity index (χ1v) is 13.9. The highest BCUT2D eigenvalue weighted by Crippen LogP contribution is 2.45. The molecule has 1 saturated heterocycles. The minimum absolute atomic E-state index is 0.0212. The number of amides is 1. The molecule has 4 aromatic rings. The number of ether oxygens (including phenoxy) is 2. The average Bonchev–Trinajstić information content (AvgIpc) is 3.46. The number of carbonyl (C=O) groups is 2. The van der Waals surface area contributed by atoms with Crippen molar-refractivity contribution < 1.29 is 24.2 Å². The van der Waals surface area contributed by atoms with Gasteiger partial charge in [0.15, 0.2) is 5.13 Å². The number of hydrogen-bond donors (Lipinski definition) is 1. The van der Waals surface area contributed by atoms with E-state index in [9.17, 15) is 14.7 Å². The van der Waals surface area contributed by atoms with Crippen LogP contribution in [0.1, 0.15) is 43.9 Å². The Morgan fingerprint density at radius 2 is 1.82 bits per heavy atom. The summed E-state index contributed by atoms with van der Waals surface area (Å²) < 4.78 is 12.2. The Morgan fingerprint density at radius 3 is 2.56 bits per heavy atom. The van der Waals surface area contributed by atoms with Crippen LogP contribution in [0.2, 0.25) is 5.02 Å². The van der Waals surface area contributed by atoms with Crippen molar-refractivity contribution in [3.05, 3.63) is 88.5 Å². The smallest absolute Gasteiger partial charge is 0.301 e. The normalized spacial score (nSPS) is 16.7. The SMILES string of the molecule is CCCCOc1cccc(C2C(=C(O)c3ccc(OCC)cc3)C(=O)C(=O)N2c2nc3ccc(Cl)cc3s2)c1. The van der Waals surface area contributed by atoms with Gasteiger partial charge in [0.1, 0.15) is 17.3 Å². The third kappa shape index (κ3) is 5.35. The van der Waals surface area contributed by atoms with Gasteiger partial charge < -0.3 is 14.6 Å². The van der Waals surface area contributed by atoms with Crippen molar-refractivity contribution in [3.63, 3.8) is 0 Å². The topological polar surface area (TPSA) is 89.0 Å². The molecular weight excluding hydrogens is 536 g/mol. The summed E-state index contributed by atoms with van der Waals surface area (Å²) in [7, 11) is 0. The number of fused-ring (bicyclic) bond motifs is 1. The van der Waals surface area contributed by atoms with E-state index in [4.69, 9.17) is 21.1 Å². The van der Waals surface area contributed by atoms with Gasteiger partial charge >= 0.3 is 5.91 Å². The molecule has 0 spiro atoms. The quantitative estimate of drug-likeness (QED) is 0.101. The molecule has 0 bridgehead atoms. The number of anilines is 1. The van der Waals surface area contributed by atoms with Crippen molar-refractivity contribution in [2.75, 3.05) is 18.1 Å². The van der Waals surface area contributed by atoms with Crippen LogP contribution in [0.25, 0.3) is 16.0 Å². The lowest BCUT2D eigenvalue weighted by molar-refractivity contribution is -0.132. The number of rotatable bonds is 9. The van der Waals surface area contributed by atoms with Crippen molar-refractivity contribution in [2.45, 2.75) is 32.7 Å². The maximum atomic E-state index is 13.5. The van der Waals surface area contributed by atoms with Crippen LogP contribution in [0.3, 0.4) is 0 Å². The second-order valence-corrected chi connectivity index (χ2v) is 10.5. The monoisotopic (exact) mass is 562 g/mol. The first kappa shape index (κ1) is 26.7. The summed E-state index contributed by atoms with van der Waals surface area (Å²) in [5, 5.41) is 12.3. The molecule has 9 heteroatoms. The molecule has 3 aromatic carbocycles. The van der Waals surface area contributed by atoms with Crippen LogP contribution in [-0.4, -0.2) is 35.0 Å². The maximum absolute atomic E-state index is 13.5. The van der Waals surface area contributed by atoms with Gasteiger partial charge in [0.2, 0.25) is 0 Å². The van der Waals surface area contributed by atoms with Gasteiger partial charge in [-0.3, -0.25) is 14.5 Å². The zero-order chi connectivity index (χ0) is 27.5. The predicted molar refractivity (Wildman–Crippen MR) is 154 cm³/mol. The molecule has 1 aromatic heterocycles. The number of hydrogen-bond acceptors (Lipinski definition) is 7. The van der Waals surface area contributed by atoms with E-state index >= 15 is 0 Å². The molecule has 1 amide bonds. The van der Waals surface area contributed by atoms with E-state index in [1.165, 1.54) is 16.2 Å². The molecule has 1 aliphatic heterocycles. The number of aliphatic hydroxyl groups excluding tert-OH is 1. The first-order valence-electron chi connectivity index (χ1n) is 12.7. The Balaban J connectivity index is 1.65. The first-order chi connectivity index (χ1) is 18.9. The molecule has 1 N–H and O–H groups in total. The van der Waals surface area contributed by atoms with Crippen LogP contribution in [-0.2, 0) is 9.59 Å². The molecule has 1 aliphatic rings. The van der Waals surface area contributed by atoms with Gasteiger partial charge in [-0.15, -0.1) is 0 Å². The van der Waals surface area contributed by atoms with Gasteiger partial charge in [0, 0.05) is 10.6 Å². The number of Topliss-reactive ketones (excluding diaryl/α,β-unsaturated/α-hetero) is 1. The minimum atomic E-state index is -0.915. The zero-order valence-electron chi connectivity index (χ0n) is 21.5. The van der Waals surface area contributed by atoms with Crippen molar-refractivity contribution in [2.24, 2.45) is 0 Å². The Labute approximate surface area is 235 Å². The van der Waals surface area contributed by atoms with Crippen LogP contribution in [0, 0.1) is 0 Å². The largest absolute Gasteiger partial charge is 0.507 e. The van der Waals surface area contributed by atoms with E-state index in [0.29, 0.717) is 51.5 Å². The van der Waals surface area contributed by atoms with Gasteiger partial charge in [0.25, 0.3) is 5.78 Å². The molecule has 5 rings (SSSR count). The highest BCUT2D eigenvalue weighted by molar-refractivity contribution is 7.22.